The highest BCUT2D eigenvalue weighted by Crippen LogP contribution is 2.26. The third-order valence-corrected chi connectivity index (χ3v) is 6.39. The monoisotopic (exact) mass is 507 g/mol. The maximum absolute atomic E-state index is 13.0. The molecule has 2 aromatic rings. The van der Waals surface area contributed by atoms with Crippen LogP contribution in [0.5, 0.6) is 0 Å². The number of benzene rings is 1. The first-order chi connectivity index (χ1) is 16.0. The molecule has 34 heavy (non-hydrogen) atoms. The smallest absolute Gasteiger partial charge is 0.230 e. The van der Waals surface area contributed by atoms with Crippen LogP contribution in [-0.2, 0) is 16.1 Å². The summed E-state index contributed by atoms with van der Waals surface area (Å²) >= 11 is 7.44. The lowest BCUT2D eigenvalue weighted by molar-refractivity contribution is -0.135. The van der Waals surface area contributed by atoms with E-state index in [0.717, 1.165) is 5.56 Å². The van der Waals surface area contributed by atoms with Gasteiger partial charge in [0.2, 0.25) is 11.8 Å². The van der Waals surface area contributed by atoms with Gasteiger partial charge in [0.05, 0.1) is 5.75 Å². The molecule has 1 aromatic heterocycles. The first kappa shape index (κ1) is 26.2. The van der Waals surface area contributed by atoms with E-state index in [1.807, 2.05) is 11.8 Å². The van der Waals surface area contributed by atoms with E-state index in [1.54, 1.807) is 18.2 Å². The van der Waals surface area contributed by atoms with Crippen molar-refractivity contribution >= 4 is 41.0 Å². The number of aromatic nitrogens is 2. The van der Waals surface area contributed by atoms with Crippen LogP contribution in [0.15, 0.2) is 35.5 Å². The number of nitrogens with one attached hydrogen (secondary N) is 1. The van der Waals surface area contributed by atoms with Gasteiger partial charge in [0.15, 0.2) is 5.16 Å². The molecule has 0 radical (unpaired) electrons. The fourth-order valence-corrected chi connectivity index (χ4v) is 4.60. The summed E-state index contributed by atoms with van der Waals surface area (Å²) in [7, 11) is 0. The predicted molar refractivity (Wildman–Crippen MR) is 133 cm³/mol. The largest absolute Gasteiger partial charge is 0.353 e. The first-order valence-electron chi connectivity index (χ1n) is 11.2. The van der Waals surface area contributed by atoms with Crippen molar-refractivity contribution in [3.8, 4) is 0 Å². The minimum atomic E-state index is -0.313. The Hall–Kier alpha value is -2.39. The number of piperazine rings is 1. The number of carbonyl (C=O) groups excluding carboxylic acids is 2. The minimum Gasteiger partial charge on any atom is -0.353 e. The predicted octanol–water partition coefficient (Wildman–Crippen LogP) is 4.15. The zero-order chi connectivity index (χ0) is 24.9. The summed E-state index contributed by atoms with van der Waals surface area (Å²) in [6.45, 7) is 10.5. The molecule has 1 saturated heterocycles. The lowest BCUT2D eigenvalue weighted by Crippen LogP contribution is -2.54. The molecule has 0 spiro atoms. The summed E-state index contributed by atoms with van der Waals surface area (Å²) in [6, 6.07) is 7.74. The lowest BCUT2D eigenvalue weighted by atomic mass is 9.91. The summed E-state index contributed by atoms with van der Waals surface area (Å²) in [5.41, 5.74) is 0.765. The van der Waals surface area contributed by atoms with Gasteiger partial charge in [-0.3, -0.25) is 9.59 Å². The van der Waals surface area contributed by atoms with Gasteiger partial charge in [-0.2, -0.15) is 0 Å². The Balaban J connectivity index is 1.55. The Bertz CT molecular complexity index is 1020. The molecule has 1 aromatic carbocycles. The Morgan fingerprint density at radius 1 is 1.21 bits per heavy atom. The molecule has 1 atom stereocenters. The fourth-order valence-electron chi connectivity index (χ4n) is 3.69. The zero-order valence-corrected chi connectivity index (χ0v) is 21.5. The number of thioether (sulfide) groups is 1. The van der Waals surface area contributed by atoms with Crippen molar-refractivity contribution in [2.24, 2.45) is 5.41 Å². The van der Waals surface area contributed by atoms with Crippen LogP contribution < -0.4 is 10.2 Å². The number of amides is 2. The van der Waals surface area contributed by atoms with Crippen molar-refractivity contribution in [2.75, 3.05) is 30.3 Å². The Morgan fingerprint density at radius 3 is 2.56 bits per heavy atom. The summed E-state index contributed by atoms with van der Waals surface area (Å²) in [5.74, 6) is 0.491. The van der Waals surface area contributed by atoms with E-state index in [-0.39, 0.29) is 34.8 Å². The van der Waals surface area contributed by atoms with Gasteiger partial charge >= 0.3 is 0 Å². The van der Waals surface area contributed by atoms with Crippen molar-refractivity contribution in [1.82, 2.24) is 20.2 Å². The van der Waals surface area contributed by atoms with Gasteiger partial charge in [-0.25, -0.2) is 14.4 Å². The van der Waals surface area contributed by atoms with E-state index in [9.17, 15) is 14.0 Å². The number of hydrogen-bond donors (Lipinski definition) is 1. The van der Waals surface area contributed by atoms with Crippen LogP contribution in [0.4, 0.5) is 10.2 Å². The molecule has 184 valence electrons. The highest BCUT2D eigenvalue weighted by atomic mass is 35.5. The Morgan fingerprint density at radius 2 is 1.91 bits per heavy atom. The van der Waals surface area contributed by atoms with Gasteiger partial charge in [0.25, 0.3) is 0 Å². The van der Waals surface area contributed by atoms with Crippen LogP contribution in [0.3, 0.4) is 0 Å². The molecule has 1 fully saturated rings. The molecule has 0 bridgehead atoms. The van der Waals surface area contributed by atoms with Gasteiger partial charge in [-0.15, -0.1) is 0 Å². The van der Waals surface area contributed by atoms with Crippen molar-refractivity contribution < 1.29 is 14.0 Å². The van der Waals surface area contributed by atoms with Crippen molar-refractivity contribution in [3.63, 3.8) is 0 Å². The zero-order valence-electron chi connectivity index (χ0n) is 20.0. The number of carbonyl (C=O) groups is 2. The van der Waals surface area contributed by atoms with E-state index in [4.69, 9.17) is 11.6 Å². The Kier molecular flexibility index (Phi) is 8.76. The second-order valence-corrected chi connectivity index (χ2v) is 11.0. The molecule has 3 rings (SSSR count). The van der Waals surface area contributed by atoms with E-state index in [0.29, 0.717) is 48.7 Å². The van der Waals surface area contributed by atoms with Gasteiger partial charge in [0, 0.05) is 44.7 Å². The highest BCUT2D eigenvalue weighted by Gasteiger charge is 2.30. The average Bonchev–Trinajstić information content (AvgIpc) is 2.75. The second kappa shape index (κ2) is 11.4. The number of anilines is 1. The average molecular weight is 508 g/mol. The van der Waals surface area contributed by atoms with Crippen molar-refractivity contribution in [1.29, 1.82) is 0 Å². The van der Waals surface area contributed by atoms with Gasteiger partial charge in [-0.05, 0) is 30.0 Å². The third-order valence-electron chi connectivity index (χ3n) is 5.35. The van der Waals surface area contributed by atoms with Crippen LogP contribution in [-0.4, -0.2) is 58.1 Å². The molecule has 10 heteroatoms. The normalized spacial score (nSPS) is 16.5. The summed E-state index contributed by atoms with van der Waals surface area (Å²) in [6.07, 6.45) is 0.515. The maximum Gasteiger partial charge on any atom is 0.230 e. The minimum absolute atomic E-state index is 0.0469. The van der Waals surface area contributed by atoms with Crippen LogP contribution in [0, 0.1) is 11.2 Å². The van der Waals surface area contributed by atoms with Crippen molar-refractivity contribution in [3.05, 3.63) is 46.9 Å². The quantitative estimate of drug-likeness (QED) is 0.344. The summed E-state index contributed by atoms with van der Waals surface area (Å²) < 4.78 is 13.0. The summed E-state index contributed by atoms with van der Waals surface area (Å²) in [5, 5.41) is 3.52. The molecule has 2 heterocycles. The lowest BCUT2D eigenvalue weighted by Gasteiger charge is -2.41. The summed E-state index contributed by atoms with van der Waals surface area (Å²) in [4.78, 5) is 37.8. The van der Waals surface area contributed by atoms with E-state index < -0.39 is 0 Å². The molecular formula is C24H31ClFN5O2S. The third kappa shape index (κ3) is 7.84. The van der Waals surface area contributed by atoms with Crippen LogP contribution in [0.1, 0.15) is 39.7 Å². The molecule has 7 nitrogen and oxygen atoms in total. The van der Waals surface area contributed by atoms with Crippen LogP contribution in [0.2, 0.25) is 5.15 Å². The number of hydrogen-bond acceptors (Lipinski definition) is 6. The van der Waals surface area contributed by atoms with E-state index in [2.05, 4.69) is 41.0 Å². The molecule has 0 saturated carbocycles. The van der Waals surface area contributed by atoms with E-state index in [1.165, 1.54) is 23.9 Å². The Labute approximate surface area is 209 Å². The molecule has 1 N–H and O–H groups in total. The highest BCUT2D eigenvalue weighted by molar-refractivity contribution is 7.99. The molecular weight excluding hydrogens is 477 g/mol. The fraction of sp³-hybridized carbons (Fsp3) is 0.500. The molecule has 1 unspecified atom stereocenters. The maximum atomic E-state index is 13.0. The standard InChI is InChI=1S/C24H31ClFN5O2S/c1-16-14-30(9-10-31(16)22(33)12-24(2,3)4)20-11-19(25)28-23(29-20)34-15-21(32)27-13-17-5-7-18(26)8-6-17/h5-8,11,16H,9-10,12-15H2,1-4H3,(H,27,32). The van der Waals surface area contributed by atoms with Gasteiger partial charge in [-0.1, -0.05) is 56.3 Å². The van der Waals surface area contributed by atoms with Crippen LogP contribution >= 0.6 is 23.4 Å². The SMILES string of the molecule is CC1CN(c2cc(Cl)nc(SCC(=O)NCc3ccc(F)cc3)n2)CCN1C(=O)CC(C)(C)C. The first-order valence-corrected chi connectivity index (χ1v) is 12.6. The molecule has 1 aliphatic heterocycles. The number of halogens is 2. The van der Waals surface area contributed by atoms with Crippen LogP contribution in [0.25, 0.3) is 0 Å². The van der Waals surface area contributed by atoms with E-state index >= 15 is 0 Å². The molecule has 2 amide bonds. The number of rotatable bonds is 7. The number of nitrogens with zero attached hydrogens (tertiary/aromatic N) is 4. The molecule has 1 aliphatic rings. The molecule has 0 aliphatic carbocycles. The second-order valence-electron chi connectivity index (χ2n) is 9.64. The van der Waals surface area contributed by atoms with Gasteiger partial charge < -0.3 is 15.1 Å². The van der Waals surface area contributed by atoms with Gasteiger partial charge in [0.1, 0.15) is 16.8 Å². The van der Waals surface area contributed by atoms with Crippen molar-refractivity contribution in [2.45, 2.75) is 51.9 Å². The topological polar surface area (TPSA) is 78.4 Å².